The number of carbonyl (C=O) groups excluding carboxylic acids is 1. The molecule has 3 heteroatoms. The van der Waals surface area contributed by atoms with Crippen molar-refractivity contribution < 1.29 is 9.21 Å². The molecule has 1 N–H and O–H groups in total. The summed E-state index contributed by atoms with van der Waals surface area (Å²) in [5.74, 6) is 1.15. The maximum absolute atomic E-state index is 10.6. The lowest BCUT2D eigenvalue weighted by molar-refractivity contribution is 0.110. The van der Waals surface area contributed by atoms with Gasteiger partial charge >= 0.3 is 0 Å². The van der Waals surface area contributed by atoms with Crippen LogP contribution in [0.15, 0.2) is 34.7 Å². The van der Waals surface area contributed by atoms with Crippen molar-refractivity contribution in [2.45, 2.75) is 13.0 Å². The summed E-state index contributed by atoms with van der Waals surface area (Å²) in [4.78, 5) is 10.6. The van der Waals surface area contributed by atoms with Crippen LogP contribution in [0.25, 0.3) is 11.3 Å². The van der Waals surface area contributed by atoms with Crippen LogP contribution < -0.4 is 5.32 Å². The Hall–Kier alpha value is -1.87. The molecule has 3 nitrogen and oxygen atoms in total. The van der Waals surface area contributed by atoms with Crippen molar-refractivity contribution in [1.29, 1.82) is 0 Å². The summed E-state index contributed by atoms with van der Waals surface area (Å²) in [6.07, 6.45) is 1.78. The van der Waals surface area contributed by atoms with E-state index in [9.17, 15) is 4.79 Å². The number of hydrogen-bond donors (Lipinski definition) is 1. The lowest BCUT2D eigenvalue weighted by Crippen LogP contribution is -2.24. The Morgan fingerprint density at radius 3 is 3.00 bits per heavy atom. The second kappa shape index (κ2) is 4.18. The van der Waals surface area contributed by atoms with Gasteiger partial charge in [0.1, 0.15) is 5.76 Å². The number of aldehydes is 1. The highest BCUT2D eigenvalue weighted by Crippen LogP contribution is 2.29. The van der Waals surface area contributed by atoms with Gasteiger partial charge in [0.25, 0.3) is 0 Å². The zero-order valence-electron chi connectivity index (χ0n) is 9.40. The van der Waals surface area contributed by atoms with Crippen LogP contribution in [-0.4, -0.2) is 12.8 Å². The average Bonchev–Trinajstić information content (AvgIpc) is 2.87. The molecular formula is C14H13NO2. The van der Waals surface area contributed by atoms with Gasteiger partial charge in [0.2, 0.25) is 0 Å². The molecule has 1 aliphatic rings. The van der Waals surface area contributed by atoms with Gasteiger partial charge in [0, 0.05) is 12.1 Å². The van der Waals surface area contributed by atoms with Crippen molar-refractivity contribution in [3.05, 3.63) is 47.2 Å². The summed E-state index contributed by atoms with van der Waals surface area (Å²) in [6, 6.07) is 9.80. The first-order chi connectivity index (χ1) is 8.38. The number of hydrogen-bond acceptors (Lipinski definition) is 3. The summed E-state index contributed by atoms with van der Waals surface area (Å²) < 4.78 is 5.49. The number of carbonyl (C=O) groups is 1. The smallest absolute Gasteiger partial charge is 0.185 e. The van der Waals surface area contributed by atoms with Crippen LogP contribution in [-0.2, 0) is 13.0 Å². The second-order valence-electron chi connectivity index (χ2n) is 4.19. The number of nitrogens with one attached hydrogen (secondary N) is 1. The van der Waals surface area contributed by atoms with Crippen LogP contribution >= 0.6 is 0 Å². The molecule has 17 heavy (non-hydrogen) atoms. The maximum atomic E-state index is 10.6. The summed E-state index contributed by atoms with van der Waals surface area (Å²) in [6.45, 7) is 1.89. The number of benzene rings is 1. The predicted octanol–water partition coefficient (Wildman–Crippen LogP) is 2.40. The van der Waals surface area contributed by atoms with Crippen molar-refractivity contribution in [1.82, 2.24) is 5.32 Å². The maximum Gasteiger partial charge on any atom is 0.185 e. The Labute approximate surface area is 99.4 Å². The van der Waals surface area contributed by atoms with E-state index in [1.165, 1.54) is 11.1 Å². The van der Waals surface area contributed by atoms with Crippen molar-refractivity contribution in [3.8, 4) is 11.3 Å². The zero-order chi connectivity index (χ0) is 11.7. The third-order valence-corrected chi connectivity index (χ3v) is 3.15. The van der Waals surface area contributed by atoms with Gasteiger partial charge in [-0.05, 0) is 36.2 Å². The fourth-order valence-electron chi connectivity index (χ4n) is 2.31. The van der Waals surface area contributed by atoms with Crippen LogP contribution in [0.4, 0.5) is 0 Å². The summed E-state index contributed by atoms with van der Waals surface area (Å²) in [5, 5.41) is 3.36. The number of furan rings is 1. The highest BCUT2D eigenvalue weighted by molar-refractivity contribution is 5.73. The first kappa shape index (κ1) is 10.3. The van der Waals surface area contributed by atoms with Gasteiger partial charge in [-0.1, -0.05) is 18.2 Å². The van der Waals surface area contributed by atoms with E-state index in [-0.39, 0.29) is 0 Å². The molecule has 2 aromatic rings. The van der Waals surface area contributed by atoms with Gasteiger partial charge in [0.05, 0.1) is 0 Å². The van der Waals surface area contributed by atoms with Crippen LogP contribution in [0.2, 0.25) is 0 Å². The Morgan fingerprint density at radius 1 is 1.24 bits per heavy atom. The van der Waals surface area contributed by atoms with Crippen LogP contribution in [0.1, 0.15) is 21.7 Å². The molecule has 1 aromatic carbocycles. The highest BCUT2D eigenvalue weighted by atomic mass is 16.3. The minimum atomic E-state index is 0.376. The Balaban J connectivity index is 2.10. The van der Waals surface area contributed by atoms with E-state index in [4.69, 9.17) is 4.42 Å². The molecule has 1 aliphatic heterocycles. The van der Waals surface area contributed by atoms with Crippen molar-refractivity contribution in [3.63, 3.8) is 0 Å². The molecule has 2 heterocycles. The van der Waals surface area contributed by atoms with Gasteiger partial charge < -0.3 is 9.73 Å². The third kappa shape index (κ3) is 1.78. The zero-order valence-corrected chi connectivity index (χ0v) is 9.40. The molecule has 0 bridgehead atoms. The SMILES string of the molecule is O=Cc1ccc(-c2cccc3c2CNCC3)o1. The van der Waals surface area contributed by atoms with Gasteiger partial charge in [0.15, 0.2) is 12.0 Å². The van der Waals surface area contributed by atoms with Crippen molar-refractivity contribution in [2.24, 2.45) is 0 Å². The van der Waals surface area contributed by atoms with E-state index < -0.39 is 0 Å². The summed E-state index contributed by atoms with van der Waals surface area (Å²) in [7, 11) is 0. The van der Waals surface area contributed by atoms with Crippen LogP contribution in [0.5, 0.6) is 0 Å². The molecular weight excluding hydrogens is 214 g/mol. The lowest BCUT2D eigenvalue weighted by Gasteiger charge is -2.19. The van der Waals surface area contributed by atoms with E-state index in [0.717, 1.165) is 37.1 Å². The van der Waals surface area contributed by atoms with Gasteiger partial charge in [-0.3, -0.25) is 4.79 Å². The minimum Gasteiger partial charge on any atom is -0.453 e. The van der Waals surface area contributed by atoms with Crippen molar-refractivity contribution in [2.75, 3.05) is 6.54 Å². The quantitative estimate of drug-likeness (QED) is 0.801. The molecule has 0 atom stereocenters. The molecule has 0 radical (unpaired) electrons. The van der Waals surface area contributed by atoms with E-state index in [2.05, 4.69) is 11.4 Å². The molecule has 0 spiro atoms. The van der Waals surface area contributed by atoms with Crippen LogP contribution in [0.3, 0.4) is 0 Å². The molecule has 1 aromatic heterocycles. The Bertz CT molecular complexity index is 557. The largest absolute Gasteiger partial charge is 0.453 e. The molecule has 86 valence electrons. The Morgan fingerprint density at radius 2 is 2.18 bits per heavy atom. The lowest BCUT2D eigenvalue weighted by atomic mass is 9.95. The van der Waals surface area contributed by atoms with Gasteiger partial charge in [-0.15, -0.1) is 0 Å². The van der Waals surface area contributed by atoms with E-state index in [1.807, 2.05) is 18.2 Å². The fraction of sp³-hybridized carbons (Fsp3) is 0.214. The van der Waals surface area contributed by atoms with E-state index in [1.54, 1.807) is 6.07 Å². The molecule has 0 amide bonds. The average molecular weight is 227 g/mol. The number of fused-ring (bicyclic) bond motifs is 1. The normalized spacial score (nSPS) is 14.4. The van der Waals surface area contributed by atoms with E-state index >= 15 is 0 Å². The monoisotopic (exact) mass is 227 g/mol. The first-order valence-electron chi connectivity index (χ1n) is 5.75. The predicted molar refractivity (Wildman–Crippen MR) is 64.9 cm³/mol. The number of rotatable bonds is 2. The highest BCUT2D eigenvalue weighted by Gasteiger charge is 2.15. The molecule has 0 aliphatic carbocycles. The third-order valence-electron chi connectivity index (χ3n) is 3.15. The molecule has 0 saturated heterocycles. The van der Waals surface area contributed by atoms with Crippen molar-refractivity contribution >= 4 is 6.29 Å². The molecule has 0 fully saturated rings. The Kier molecular flexibility index (Phi) is 2.53. The molecule has 3 rings (SSSR count). The van der Waals surface area contributed by atoms with Gasteiger partial charge in [-0.2, -0.15) is 0 Å². The second-order valence-corrected chi connectivity index (χ2v) is 4.19. The van der Waals surface area contributed by atoms with Crippen LogP contribution in [0, 0.1) is 0 Å². The molecule has 0 saturated carbocycles. The topological polar surface area (TPSA) is 42.2 Å². The summed E-state index contributed by atoms with van der Waals surface area (Å²) >= 11 is 0. The fourth-order valence-corrected chi connectivity index (χ4v) is 2.31. The summed E-state index contributed by atoms with van der Waals surface area (Å²) in [5.41, 5.74) is 3.73. The van der Waals surface area contributed by atoms with Gasteiger partial charge in [-0.25, -0.2) is 0 Å². The standard InChI is InChI=1S/C14H13NO2/c16-9-11-4-5-14(17-11)12-3-1-2-10-6-7-15-8-13(10)12/h1-5,9,15H,6-8H2. The van der Waals surface area contributed by atoms with E-state index in [0.29, 0.717) is 5.76 Å². The molecule has 0 unspecified atom stereocenters. The first-order valence-corrected chi connectivity index (χ1v) is 5.75. The minimum absolute atomic E-state index is 0.376.